The van der Waals surface area contributed by atoms with Crippen molar-refractivity contribution in [3.05, 3.63) is 41.2 Å². The lowest BCUT2D eigenvalue weighted by Gasteiger charge is -2.28. The molecule has 1 aromatic carbocycles. The van der Waals surface area contributed by atoms with Gasteiger partial charge in [-0.15, -0.1) is 0 Å². The van der Waals surface area contributed by atoms with Gasteiger partial charge in [-0.1, -0.05) is 38.8 Å². The molecule has 6 nitrogen and oxygen atoms in total. The van der Waals surface area contributed by atoms with Gasteiger partial charge in [0.05, 0.1) is 18.2 Å². The second-order valence-electron chi connectivity index (χ2n) is 8.12. The summed E-state index contributed by atoms with van der Waals surface area (Å²) >= 11 is 0. The Morgan fingerprint density at radius 2 is 1.61 bits per heavy atom. The Morgan fingerprint density at radius 3 is 2.13 bits per heavy atom. The van der Waals surface area contributed by atoms with Gasteiger partial charge in [0.1, 0.15) is 5.75 Å². The van der Waals surface area contributed by atoms with E-state index in [0.717, 1.165) is 63.1 Å². The minimum atomic E-state index is -0.555. The monoisotopic (exact) mass is 430 g/mol. The fourth-order valence-electron chi connectivity index (χ4n) is 4.07. The highest BCUT2D eigenvalue weighted by Crippen LogP contribution is 2.38. The minimum absolute atomic E-state index is 0.183. The highest BCUT2D eigenvalue weighted by molar-refractivity contribution is 6.08. The molecule has 1 unspecified atom stereocenters. The summed E-state index contributed by atoms with van der Waals surface area (Å²) in [5.41, 5.74) is 0.989. The first kappa shape index (κ1) is 24.9. The van der Waals surface area contributed by atoms with Gasteiger partial charge in [0.2, 0.25) is 0 Å². The molecule has 1 atom stereocenters. The number of amides is 1. The highest BCUT2D eigenvalue weighted by atomic mass is 16.5. The minimum Gasteiger partial charge on any atom is -0.503 e. The number of carbonyl (C=O) groups is 2. The van der Waals surface area contributed by atoms with Crippen LogP contribution in [-0.4, -0.2) is 59.4 Å². The summed E-state index contributed by atoms with van der Waals surface area (Å²) in [7, 11) is 0. The molecule has 0 spiro atoms. The lowest BCUT2D eigenvalue weighted by molar-refractivity contribution is -0.129. The van der Waals surface area contributed by atoms with Crippen LogP contribution >= 0.6 is 0 Å². The molecule has 1 N–H and O–H groups in total. The van der Waals surface area contributed by atoms with E-state index in [2.05, 4.69) is 18.7 Å². The molecule has 1 aromatic rings. The molecular weight excluding hydrogens is 392 g/mol. The molecule has 31 heavy (non-hydrogen) atoms. The van der Waals surface area contributed by atoms with Crippen molar-refractivity contribution >= 4 is 11.7 Å². The van der Waals surface area contributed by atoms with Crippen LogP contribution in [0.1, 0.15) is 71.4 Å². The number of carbonyl (C=O) groups excluding carboxylic acids is 2. The molecular formula is C25H38N2O4. The second-order valence-corrected chi connectivity index (χ2v) is 8.12. The summed E-state index contributed by atoms with van der Waals surface area (Å²) in [6, 6.07) is 6.86. The van der Waals surface area contributed by atoms with Gasteiger partial charge >= 0.3 is 0 Å². The maximum absolute atomic E-state index is 12.8. The first-order valence-electron chi connectivity index (χ1n) is 11.6. The molecule has 0 fully saturated rings. The molecule has 0 aliphatic carbocycles. The zero-order valence-electron chi connectivity index (χ0n) is 19.5. The molecule has 172 valence electrons. The molecule has 1 aliphatic heterocycles. The Hall–Kier alpha value is -2.34. The van der Waals surface area contributed by atoms with E-state index in [9.17, 15) is 14.7 Å². The number of unbranched alkanes of at least 4 members (excludes halogenated alkanes) is 2. The number of ketones is 1. The van der Waals surface area contributed by atoms with Crippen molar-refractivity contribution in [1.82, 2.24) is 9.80 Å². The van der Waals surface area contributed by atoms with Crippen molar-refractivity contribution in [2.45, 2.75) is 65.8 Å². The Labute approximate surface area is 186 Å². The van der Waals surface area contributed by atoms with Crippen LogP contribution in [0.4, 0.5) is 0 Å². The van der Waals surface area contributed by atoms with Gasteiger partial charge in [-0.05, 0) is 70.4 Å². The second kappa shape index (κ2) is 12.5. The smallest absolute Gasteiger partial charge is 0.290 e. The number of hydrogen-bond donors (Lipinski definition) is 1. The van der Waals surface area contributed by atoms with E-state index in [1.165, 1.54) is 6.92 Å². The fourth-order valence-corrected chi connectivity index (χ4v) is 4.07. The summed E-state index contributed by atoms with van der Waals surface area (Å²) in [5, 5.41) is 10.4. The average Bonchev–Trinajstić information content (AvgIpc) is 3.01. The molecule has 6 heteroatoms. The van der Waals surface area contributed by atoms with E-state index >= 15 is 0 Å². The van der Waals surface area contributed by atoms with Crippen LogP contribution in [-0.2, 0) is 9.59 Å². The molecule has 1 aliphatic rings. The van der Waals surface area contributed by atoms with E-state index in [1.807, 2.05) is 31.2 Å². The SMILES string of the molecule is CCCCN(CCCC)CCCN1C(=O)C(O)=C(C(C)=O)C1c1ccc(OCC)cc1. The van der Waals surface area contributed by atoms with Gasteiger partial charge in [-0.3, -0.25) is 9.59 Å². The molecule has 0 radical (unpaired) electrons. The van der Waals surface area contributed by atoms with Crippen LogP contribution in [0.15, 0.2) is 35.6 Å². The summed E-state index contributed by atoms with van der Waals surface area (Å²) in [6.07, 6.45) is 5.45. The quantitative estimate of drug-likeness (QED) is 0.465. The van der Waals surface area contributed by atoms with E-state index in [4.69, 9.17) is 4.74 Å². The number of aliphatic hydroxyl groups is 1. The summed E-state index contributed by atoms with van der Waals surface area (Å²) < 4.78 is 5.51. The Bertz CT molecular complexity index is 749. The molecule has 1 heterocycles. The summed E-state index contributed by atoms with van der Waals surface area (Å²) in [4.78, 5) is 29.2. The van der Waals surface area contributed by atoms with E-state index in [1.54, 1.807) is 4.90 Å². The van der Waals surface area contributed by atoms with E-state index < -0.39 is 17.7 Å². The number of aliphatic hydroxyl groups excluding tert-OH is 1. The third-order valence-electron chi connectivity index (χ3n) is 5.72. The first-order chi connectivity index (χ1) is 14.9. The Balaban J connectivity index is 2.15. The van der Waals surface area contributed by atoms with Gasteiger partial charge < -0.3 is 19.6 Å². The van der Waals surface area contributed by atoms with Gasteiger partial charge in [0.15, 0.2) is 11.5 Å². The van der Waals surface area contributed by atoms with Crippen molar-refractivity contribution in [2.24, 2.45) is 0 Å². The normalized spacial score (nSPS) is 16.5. The van der Waals surface area contributed by atoms with Gasteiger partial charge in [-0.2, -0.15) is 0 Å². The fraction of sp³-hybridized carbons (Fsp3) is 0.600. The lowest BCUT2D eigenvalue weighted by Crippen LogP contribution is -2.35. The third kappa shape index (κ3) is 6.57. The topological polar surface area (TPSA) is 70.1 Å². The molecule has 0 saturated heterocycles. The Kier molecular flexibility index (Phi) is 10.0. The number of benzene rings is 1. The van der Waals surface area contributed by atoms with Crippen molar-refractivity contribution in [1.29, 1.82) is 0 Å². The van der Waals surface area contributed by atoms with Crippen LogP contribution in [0.25, 0.3) is 0 Å². The highest BCUT2D eigenvalue weighted by Gasteiger charge is 2.42. The van der Waals surface area contributed by atoms with Crippen molar-refractivity contribution in [3.63, 3.8) is 0 Å². The molecule has 0 aromatic heterocycles. The zero-order valence-corrected chi connectivity index (χ0v) is 19.5. The van der Waals surface area contributed by atoms with Gasteiger partial charge in [0, 0.05) is 6.54 Å². The summed E-state index contributed by atoms with van der Waals surface area (Å²) in [5.74, 6) is -0.417. The largest absolute Gasteiger partial charge is 0.503 e. The van der Waals surface area contributed by atoms with Gasteiger partial charge in [-0.25, -0.2) is 0 Å². The van der Waals surface area contributed by atoms with Crippen molar-refractivity contribution in [3.8, 4) is 5.75 Å². The lowest BCUT2D eigenvalue weighted by atomic mass is 9.96. The number of rotatable bonds is 14. The predicted molar refractivity (Wildman–Crippen MR) is 123 cm³/mol. The van der Waals surface area contributed by atoms with Gasteiger partial charge in [0.25, 0.3) is 5.91 Å². The third-order valence-corrected chi connectivity index (χ3v) is 5.72. The van der Waals surface area contributed by atoms with E-state index in [0.29, 0.717) is 13.2 Å². The maximum Gasteiger partial charge on any atom is 0.290 e. The van der Waals surface area contributed by atoms with Crippen molar-refractivity contribution < 1.29 is 19.4 Å². The van der Waals surface area contributed by atoms with Crippen LogP contribution in [0.2, 0.25) is 0 Å². The summed E-state index contributed by atoms with van der Waals surface area (Å²) in [6.45, 7) is 11.8. The number of hydrogen-bond acceptors (Lipinski definition) is 5. The number of Topliss-reactive ketones (excluding diaryl/α,β-unsaturated/α-hetero) is 1. The van der Waals surface area contributed by atoms with Crippen molar-refractivity contribution in [2.75, 3.05) is 32.8 Å². The maximum atomic E-state index is 12.8. The van der Waals surface area contributed by atoms with Crippen LogP contribution < -0.4 is 4.74 Å². The van der Waals surface area contributed by atoms with Crippen LogP contribution in [0.3, 0.4) is 0 Å². The number of ether oxygens (including phenoxy) is 1. The van der Waals surface area contributed by atoms with Crippen LogP contribution in [0.5, 0.6) is 5.75 Å². The molecule has 1 amide bonds. The average molecular weight is 431 g/mol. The molecule has 0 bridgehead atoms. The van der Waals surface area contributed by atoms with E-state index in [-0.39, 0.29) is 11.4 Å². The molecule has 0 saturated carbocycles. The standard InChI is InChI=1S/C25H38N2O4/c1-5-8-15-26(16-9-6-2)17-10-18-27-23(22(19(4)28)24(29)25(27)30)20-11-13-21(14-12-20)31-7-3/h11-14,23,29H,5-10,15-18H2,1-4H3. The Morgan fingerprint density at radius 1 is 1.03 bits per heavy atom. The zero-order chi connectivity index (χ0) is 22.8. The first-order valence-corrected chi connectivity index (χ1v) is 11.6. The molecule has 2 rings (SSSR count). The number of nitrogens with zero attached hydrogens (tertiary/aromatic N) is 2. The van der Waals surface area contributed by atoms with Crippen LogP contribution in [0, 0.1) is 0 Å². The predicted octanol–water partition coefficient (Wildman–Crippen LogP) is 4.66.